The fraction of sp³-hybridized carbons (Fsp3) is 0.118. The molecule has 2 heterocycles. The van der Waals surface area contributed by atoms with Gasteiger partial charge in [-0.2, -0.15) is 0 Å². The standard InChI is InChI=1S/C30H20N2.2C2H6/c1-3-11-23-21(9-1)15-17-25(27-13-5-7-19-31-27)29(23)30-24-12-4-2-10-22(24)16-18-26(30)28-14-6-8-20-32-28;2*1-2/h1-20H;2*1-2H3. The quantitative estimate of drug-likeness (QED) is 0.258. The van der Waals surface area contributed by atoms with E-state index in [2.05, 4.69) is 84.9 Å². The molecule has 0 aliphatic rings. The number of hydrogen-bond donors (Lipinski definition) is 0. The van der Waals surface area contributed by atoms with Crippen molar-refractivity contribution in [2.75, 3.05) is 0 Å². The Balaban J connectivity index is 0.000000726. The molecular weight excluding hydrogens is 436 g/mol. The van der Waals surface area contributed by atoms with E-state index in [-0.39, 0.29) is 0 Å². The molecule has 0 saturated heterocycles. The zero-order chi connectivity index (χ0) is 25.3. The van der Waals surface area contributed by atoms with Crippen LogP contribution in [0.4, 0.5) is 0 Å². The van der Waals surface area contributed by atoms with E-state index in [4.69, 9.17) is 9.97 Å². The number of pyridine rings is 2. The Kier molecular flexibility index (Phi) is 8.20. The molecule has 0 atom stereocenters. The van der Waals surface area contributed by atoms with Gasteiger partial charge in [-0.3, -0.25) is 9.97 Å². The van der Waals surface area contributed by atoms with Crippen LogP contribution in [0.3, 0.4) is 0 Å². The van der Waals surface area contributed by atoms with Crippen molar-refractivity contribution in [3.05, 3.63) is 122 Å². The second-order valence-electron chi connectivity index (χ2n) is 7.85. The highest BCUT2D eigenvalue weighted by Crippen LogP contribution is 2.45. The maximum Gasteiger partial charge on any atom is 0.0708 e. The Bertz CT molecular complexity index is 1430. The van der Waals surface area contributed by atoms with Crippen LogP contribution in [0, 0.1) is 0 Å². The van der Waals surface area contributed by atoms with Crippen molar-refractivity contribution in [1.82, 2.24) is 9.97 Å². The molecule has 178 valence electrons. The molecule has 0 amide bonds. The Morgan fingerprint density at radius 2 is 0.778 bits per heavy atom. The van der Waals surface area contributed by atoms with Crippen LogP contribution >= 0.6 is 0 Å². The molecule has 0 fully saturated rings. The lowest BCUT2D eigenvalue weighted by molar-refractivity contribution is 1.32. The van der Waals surface area contributed by atoms with Gasteiger partial charge >= 0.3 is 0 Å². The van der Waals surface area contributed by atoms with E-state index in [0.717, 1.165) is 22.5 Å². The largest absolute Gasteiger partial charge is 0.256 e. The maximum atomic E-state index is 4.71. The van der Waals surface area contributed by atoms with Gasteiger partial charge in [-0.1, -0.05) is 113 Å². The molecular formula is C34H32N2. The van der Waals surface area contributed by atoms with Gasteiger partial charge in [-0.25, -0.2) is 0 Å². The molecule has 0 aliphatic heterocycles. The number of nitrogens with zero attached hydrogens (tertiary/aromatic N) is 2. The molecule has 0 aliphatic carbocycles. The Morgan fingerprint density at radius 3 is 1.17 bits per heavy atom. The van der Waals surface area contributed by atoms with Gasteiger partial charge in [0, 0.05) is 34.6 Å². The Morgan fingerprint density at radius 1 is 0.389 bits per heavy atom. The van der Waals surface area contributed by atoms with E-state index in [0.29, 0.717) is 0 Å². The van der Waals surface area contributed by atoms with Gasteiger partial charge < -0.3 is 0 Å². The summed E-state index contributed by atoms with van der Waals surface area (Å²) in [6.07, 6.45) is 3.72. The summed E-state index contributed by atoms with van der Waals surface area (Å²) in [7, 11) is 0. The van der Waals surface area contributed by atoms with Crippen LogP contribution in [-0.2, 0) is 0 Å². The molecule has 2 nitrogen and oxygen atoms in total. The minimum Gasteiger partial charge on any atom is -0.256 e. The zero-order valence-electron chi connectivity index (χ0n) is 21.4. The van der Waals surface area contributed by atoms with Crippen LogP contribution < -0.4 is 0 Å². The van der Waals surface area contributed by atoms with Gasteiger partial charge in [-0.15, -0.1) is 0 Å². The SMILES string of the molecule is CC.CC.c1ccc(-c2ccc3ccccc3c2-c2c(-c3ccccn3)ccc3ccccc23)nc1. The van der Waals surface area contributed by atoms with E-state index in [1.54, 1.807) is 0 Å². The van der Waals surface area contributed by atoms with Crippen LogP contribution in [0.2, 0.25) is 0 Å². The van der Waals surface area contributed by atoms with Crippen molar-refractivity contribution in [3.8, 4) is 33.6 Å². The third-order valence-corrected chi connectivity index (χ3v) is 5.99. The molecule has 0 bridgehead atoms. The molecule has 0 N–H and O–H groups in total. The highest BCUT2D eigenvalue weighted by molar-refractivity contribution is 6.14. The lowest BCUT2D eigenvalue weighted by atomic mass is 9.85. The monoisotopic (exact) mass is 468 g/mol. The molecule has 0 radical (unpaired) electrons. The topological polar surface area (TPSA) is 25.8 Å². The van der Waals surface area contributed by atoms with Crippen LogP contribution in [0.1, 0.15) is 27.7 Å². The highest BCUT2D eigenvalue weighted by atomic mass is 14.7. The lowest BCUT2D eigenvalue weighted by Crippen LogP contribution is -1.95. The number of aromatic nitrogens is 2. The second-order valence-corrected chi connectivity index (χ2v) is 7.85. The summed E-state index contributed by atoms with van der Waals surface area (Å²) in [5.41, 5.74) is 6.57. The van der Waals surface area contributed by atoms with Crippen molar-refractivity contribution >= 4 is 21.5 Å². The number of fused-ring (bicyclic) bond motifs is 2. The fourth-order valence-corrected chi connectivity index (χ4v) is 4.55. The van der Waals surface area contributed by atoms with Gasteiger partial charge in [0.15, 0.2) is 0 Å². The summed E-state index contributed by atoms with van der Waals surface area (Å²) in [4.78, 5) is 9.42. The Hall–Kier alpha value is -4.30. The summed E-state index contributed by atoms with van der Waals surface area (Å²) in [5, 5.41) is 4.84. The van der Waals surface area contributed by atoms with E-state index < -0.39 is 0 Å². The zero-order valence-corrected chi connectivity index (χ0v) is 21.4. The summed E-state index contributed by atoms with van der Waals surface area (Å²) >= 11 is 0. The fourth-order valence-electron chi connectivity index (χ4n) is 4.55. The van der Waals surface area contributed by atoms with Crippen molar-refractivity contribution in [3.63, 3.8) is 0 Å². The smallest absolute Gasteiger partial charge is 0.0708 e. The summed E-state index contributed by atoms with van der Waals surface area (Å²) in [5.74, 6) is 0. The van der Waals surface area contributed by atoms with Crippen molar-refractivity contribution < 1.29 is 0 Å². The third kappa shape index (κ3) is 4.76. The van der Waals surface area contributed by atoms with Crippen LogP contribution in [0.5, 0.6) is 0 Å². The van der Waals surface area contributed by atoms with E-state index in [1.165, 1.54) is 32.7 Å². The molecule has 0 unspecified atom stereocenters. The number of hydrogen-bond acceptors (Lipinski definition) is 2. The van der Waals surface area contributed by atoms with Crippen LogP contribution in [0.15, 0.2) is 122 Å². The summed E-state index contributed by atoms with van der Waals surface area (Å²) in [6.45, 7) is 8.00. The molecule has 6 aromatic rings. The maximum absolute atomic E-state index is 4.71. The predicted octanol–water partition coefficient (Wildman–Crippen LogP) is 9.84. The predicted molar refractivity (Wildman–Crippen MR) is 156 cm³/mol. The molecule has 2 heteroatoms. The van der Waals surface area contributed by atoms with Crippen LogP contribution in [-0.4, -0.2) is 9.97 Å². The molecule has 6 rings (SSSR count). The first-order valence-electron chi connectivity index (χ1n) is 12.8. The lowest BCUT2D eigenvalue weighted by Gasteiger charge is -2.19. The first-order chi connectivity index (χ1) is 17.9. The van der Waals surface area contributed by atoms with Crippen molar-refractivity contribution in [1.29, 1.82) is 0 Å². The third-order valence-electron chi connectivity index (χ3n) is 5.99. The van der Waals surface area contributed by atoms with E-state index in [9.17, 15) is 0 Å². The van der Waals surface area contributed by atoms with Gasteiger partial charge in [0.1, 0.15) is 0 Å². The van der Waals surface area contributed by atoms with Gasteiger partial charge in [0.25, 0.3) is 0 Å². The second kappa shape index (κ2) is 11.9. The van der Waals surface area contributed by atoms with Crippen molar-refractivity contribution in [2.45, 2.75) is 27.7 Å². The number of benzene rings is 4. The van der Waals surface area contributed by atoms with Gasteiger partial charge in [0.05, 0.1) is 11.4 Å². The number of rotatable bonds is 3. The summed E-state index contributed by atoms with van der Waals surface area (Å²) in [6, 6.07) is 38.1. The molecule has 0 saturated carbocycles. The van der Waals surface area contributed by atoms with E-state index >= 15 is 0 Å². The first-order valence-corrected chi connectivity index (χ1v) is 12.8. The first kappa shape index (κ1) is 24.8. The normalized spacial score (nSPS) is 10.2. The van der Waals surface area contributed by atoms with Gasteiger partial charge in [0.2, 0.25) is 0 Å². The molecule has 2 aromatic heterocycles. The van der Waals surface area contributed by atoms with Crippen molar-refractivity contribution in [2.24, 2.45) is 0 Å². The Labute approximate surface area is 214 Å². The van der Waals surface area contributed by atoms with E-state index in [1.807, 2.05) is 64.4 Å². The molecule has 4 aromatic carbocycles. The average molecular weight is 469 g/mol. The minimum atomic E-state index is 0.966. The minimum absolute atomic E-state index is 0.966. The summed E-state index contributed by atoms with van der Waals surface area (Å²) < 4.78 is 0. The molecule has 36 heavy (non-hydrogen) atoms. The average Bonchev–Trinajstić information content (AvgIpc) is 2.99. The molecule has 0 spiro atoms. The highest BCUT2D eigenvalue weighted by Gasteiger charge is 2.19. The van der Waals surface area contributed by atoms with Crippen LogP contribution in [0.25, 0.3) is 55.2 Å². The van der Waals surface area contributed by atoms with Gasteiger partial charge in [-0.05, 0) is 45.8 Å².